The first kappa shape index (κ1) is 21.0. The molecule has 0 atom stereocenters. The topological polar surface area (TPSA) is 130 Å². The molecule has 3 N–H and O–H groups in total. The predicted octanol–water partition coefficient (Wildman–Crippen LogP) is 3.20. The lowest BCUT2D eigenvalue weighted by atomic mass is 10.0. The number of carbonyl (C=O) groups excluding carboxylic acids is 3. The summed E-state index contributed by atoms with van der Waals surface area (Å²) >= 11 is 5.92. The van der Waals surface area contributed by atoms with Crippen LogP contribution in [0.25, 0.3) is 0 Å². The predicted molar refractivity (Wildman–Crippen MR) is 98.8 cm³/mol. The fourth-order valence-electron chi connectivity index (χ4n) is 2.68. The summed E-state index contributed by atoms with van der Waals surface area (Å²) in [7, 11) is 1.16. The number of phenolic OH excluding ortho intramolecular Hbond substituents is 3. The number of esters is 2. The highest BCUT2D eigenvalue weighted by atomic mass is 35.5. The molecule has 0 aliphatic carbocycles. The largest absolute Gasteiger partial charge is 0.507 e. The zero-order chi connectivity index (χ0) is 21.3. The highest BCUT2D eigenvalue weighted by Crippen LogP contribution is 2.41. The lowest BCUT2D eigenvalue weighted by Gasteiger charge is -2.16. The van der Waals surface area contributed by atoms with Gasteiger partial charge in [-0.2, -0.15) is 0 Å². The van der Waals surface area contributed by atoms with Crippen LogP contribution < -0.4 is 4.74 Å². The van der Waals surface area contributed by atoms with E-state index in [4.69, 9.17) is 16.3 Å². The lowest BCUT2D eigenvalue weighted by molar-refractivity contribution is 0.0596. The molecule has 28 heavy (non-hydrogen) atoms. The number of ether oxygens (including phenoxy) is 2. The molecule has 2 rings (SSSR count). The third kappa shape index (κ3) is 3.34. The molecule has 0 radical (unpaired) electrons. The number of halogens is 1. The molecule has 0 aromatic heterocycles. The zero-order valence-electron chi connectivity index (χ0n) is 15.4. The number of aryl methyl sites for hydroxylation is 1. The third-order valence-electron chi connectivity index (χ3n) is 4.28. The molecule has 0 fully saturated rings. The number of rotatable bonds is 4. The first-order valence-corrected chi connectivity index (χ1v) is 8.27. The Kier molecular flexibility index (Phi) is 5.84. The Morgan fingerprint density at radius 2 is 1.57 bits per heavy atom. The van der Waals surface area contributed by atoms with Crippen LogP contribution in [-0.4, -0.2) is 40.7 Å². The summed E-state index contributed by atoms with van der Waals surface area (Å²) < 4.78 is 9.86. The monoisotopic (exact) mass is 408 g/mol. The van der Waals surface area contributed by atoms with E-state index in [-0.39, 0.29) is 39.3 Å². The van der Waals surface area contributed by atoms with Crippen molar-refractivity contribution in [3.05, 3.63) is 44.5 Å². The van der Waals surface area contributed by atoms with Gasteiger partial charge in [-0.05, 0) is 38.0 Å². The molecule has 0 aliphatic heterocycles. The molecule has 148 valence electrons. The van der Waals surface area contributed by atoms with Crippen LogP contribution in [0.1, 0.15) is 47.8 Å². The van der Waals surface area contributed by atoms with Gasteiger partial charge in [-0.15, -0.1) is 0 Å². The van der Waals surface area contributed by atoms with E-state index < -0.39 is 40.3 Å². The van der Waals surface area contributed by atoms with Crippen molar-refractivity contribution in [2.45, 2.75) is 20.8 Å². The fourth-order valence-corrected chi connectivity index (χ4v) is 2.87. The molecule has 0 saturated heterocycles. The van der Waals surface area contributed by atoms with Crippen molar-refractivity contribution in [2.24, 2.45) is 0 Å². The average Bonchev–Trinajstić information content (AvgIpc) is 2.64. The minimum absolute atomic E-state index is 0.00274. The van der Waals surface area contributed by atoms with E-state index in [0.29, 0.717) is 0 Å². The molecule has 0 heterocycles. The summed E-state index contributed by atoms with van der Waals surface area (Å²) in [6, 6.07) is 1.34. The van der Waals surface area contributed by atoms with Crippen LogP contribution >= 0.6 is 11.6 Å². The summed E-state index contributed by atoms with van der Waals surface area (Å²) in [5, 5.41) is 30.0. The van der Waals surface area contributed by atoms with Crippen molar-refractivity contribution >= 4 is 29.8 Å². The summed E-state index contributed by atoms with van der Waals surface area (Å²) in [5.41, 5.74) is -0.683. The van der Waals surface area contributed by atoms with E-state index >= 15 is 0 Å². The molecule has 8 nitrogen and oxygen atoms in total. The fraction of sp³-hybridized carbons (Fsp3) is 0.211. The van der Waals surface area contributed by atoms with E-state index in [1.165, 1.54) is 26.8 Å². The van der Waals surface area contributed by atoms with Crippen molar-refractivity contribution < 1.29 is 39.2 Å². The van der Waals surface area contributed by atoms with E-state index in [9.17, 15) is 29.7 Å². The first-order chi connectivity index (χ1) is 13.1. The third-order valence-corrected chi connectivity index (χ3v) is 4.74. The molecule has 0 spiro atoms. The number of hydrogen-bond donors (Lipinski definition) is 3. The molecule has 0 amide bonds. The van der Waals surface area contributed by atoms with Crippen LogP contribution in [0.3, 0.4) is 0 Å². The highest BCUT2D eigenvalue weighted by molar-refractivity contribution is 6.34. The molecule has 0 unspecified atom stereocenters. The van der Waals surface area contributed by atoms with Gasteiger partial charge in [0.2, 0.25) is 0 Å². The number of carbonyl (C=O) groups is 3. The summed E-state index contributed by atoms with van der Waals surface area (Å²) in [6.45, 7) is 4.27. The van der Waals surface area contributed by atoms with Crippen LogP contribution in [0, 0.1) is 20.8 Å². The minimum Gasteiger partial charge on any atom is -0.507 e. The molecule has 0 saturated carbocycles. The average molecular weight is 409 g/mol. The smallest absolute Gasteiger partial charge is 0.347 e. The molecule has 9 heteroatoms. The number of methoxy groups -OCH3 is 1. The Bertz CT molecular complexity index is 1010. The van der Waals surface area contributed by atoms with Crippen LogP contribution in [0.2, 0.25) is 5.02 Å². The second kappa shape index (κ2) is 7.77. The summed E-state index contributed by atoms with van der Waals surface area (Å²) in [6.07, 6.45) is 0.152. The van der Waals surface area contributed by atoms with Crippen LogP contribution in [0.5, 0.6) is 23.0 Å². The lowest BCUT2D eigenvalue weighted by Crippen LogP contribution is -2.14. The number of hydrogen-bond acceptors (Lipinski definition) is 8. The van der Waals surface area contributed by atoms with Gasteiger partial charge in [-0.3, -0.25) is 4.79 Å². The molecule has 2 aromatic carbocycles. The SMILES string of the molecule is COC(=O)c1c(C)cc(OC(=O)c2c(C)c(Cl)c(O)c(C=O)c2O)c(C)c1O. The van der Waals surface area contributed by atoms with Gasteiger partial charge >= 0.3 is 11.9 Å². The van der Waals surface area contributed by atoms with Gasteiger partial charge in [0.15, 0.2) is 6.29 Å². The standard InChI is InChI=1S/C19H17ClO8/c1-7-5-11(8(2)15(22)12(7)18(25)27-4)28-19(26)13-9(3)14(20)17(24)10(6-21)16(13)23/h5-6,22-24H,1-4H3. The van der Waals surface area contributed by atoms with E-state index in [2.05, 4.69) is 4.74 Å². The Morgan fingerprint density at radius 1 is 0.964 bits per heavy atom. The van der Waals surface area contributed by atoms with Gasteiger partial charge in [0.05, 0.1) is 12.1 Å². The van der Waals surface area contributed by atoms with Gasteiger partial charge in [0.25, 0.3) is 0 Å². The number of benzene rings is 2. The van der Waals surface area contributed by atoms with Crippen molar-refractivity contribution in [3.63, 3.8) is 0 Å². The van der Waals surface area contributed by atoms with E-state index in [1.807, 2.05) is 0 Å². The van der Waals surface area contributed by atoms with E-state index in [0.717, 1.165) is 7.11 Å². The molecule has 0 bridgehead atoms. The molecular weight excluding hydrogens is 392 g/mol. The molecule has 2 aromatic rings. The second-order valence-corrected chi connectivity index (χ2v) is 6.34. The van der Waals surface area contributed by atoms with Gasteiger partial charge in [-0.25, -0.2) is 9.59 Å². The summed E-state index contributed by atoms with van der Waals surface area (Å²) in [4.78, 5) is 35.5. The Labute approximate surface area is 164 Å². The normalized spacial score (nSPS) is 10.5. The maximum atomic E-state index is 12.6. The van der Waals surface area contributed by atoms with Crippen molar-refractivity contribution in [2.75, 3.05) is 7.11 Å². The second-order valence-electron chi connectivity index (χ2n) is 5.96. The van der Waals surface area contributed by atoms with Gasteiger partial charge in [0, 0.05) is 5.56 Å². The number of aromatic hydroxyl groups is 3. The van der Waals surface area contributed by atoms with Crippen LogP contribution in [0.15, 0.2) is 6.07 Å². The quantitative estimate of drug-likeness (QED) is 0.399. The van der Waals surface area contributed by atoms with Crippen molar-refractivity contribution in [1.29, 1.82) is 0 Å². The number of phenols is 3. The summed E-state index contributed by atoms with van der Waals surface area (Å²) in [5.74, 6) is -3.78. The Hall–Kier alpha value is -3.26. The zero-order valence-corrected chi connectivity index (χ0v) is 16.2. The van der Waals surface area contributed by atoms with Gasteiger partial charge < -0.3 is 24.8 Å². The highest BCUT2D eigenvalue weighted by Gasteiger charge is 2.27. The number of aldehydes is 1. The van der Waals surface area contributed by atoms with Crippen LogP contribution in [-0.2, 0) is 4.74 Å². The van der Waals surface area contributed by atoms with Crippen molar-refractivity contribution in [1.82, 2.24) is 0 Å². The van der Waals surface area contributed by atoms with Crippen LogP contribution in [0.4, 0.5) is 0 Å². The minimum atomic E-state index is -1.08. The van der Waals surface area contributed by atoms with E-state index in [1.54, 1.807) is 0 Å². The maximum Gasteiger partial charge on any atom is 0.347 e. The van der Waals surface area contributed by atoms with Gasteiger partial charge in [-0.1, -0.05) is 11.6 Å². The Balaban J connectivity index is 2.57. The van der Waals surface area contributed by atoms with Crippen molar-refractivity contribution in [3.8, 4) is 23.0 Å². The Morgan fingerprint density at radius 3 is 2.11 bits per heavy atom. The molecule has 0 aliphatic rings. The first-order valence-electron chi connectivity index (χ1n) is 7.89. The maximum absolute atomic E-state index is 12.6. The molecular formula is C19H17ClO8. The van der Waals surface area contributed by atoms with Gasteiger partial charge in [0.1, 0.15) is 39.7 Å².